The van der Waals surface area contributed by atoms with Crippen LogP contribution in [0.25, 0.3) is 0 Å². The second-order valence-electron chi connectivity index (χ2n) is 9.82. The summed E-state index contributed by atoms with van der Waals surface area (Å²) in [4.78, 5) is 13.2. The molecule has 0 bridgehead atoms. The first-order chi connectivity index (χ1) is 18.8. The van der Waals surface area contributed by atoms with E-state index in [2.05, 4.69) is 38.6 Å². The molecule has 1 atom stereocenters. The van der Waals surface area contributed by atoms with Crippen molar-refractivity contribution in [2.75, 3.05) is 23.7 Å². The molecule has 1 unspecified atom stereocenters. The van der Waals surface area contributed by atoms with Crippen LogP contribution in [0.1, 0.15) is 36.8 Å². The fraction of sp³-hybridized carbons (Fsp3) is 0.276. The molecule has 2 aromatic carbocycles. The van der Waals surface area contributed by atoms with E-state index in [1.807, 2.05) is 12.3 Å². The van der Waals surface area contributed by atoms with Gasteiger partial charge in [-0.05, 0) is 97.3 Å². The van der Waals surface area contributed by atoms with Gasteiger partial charge in [-0.1, -0.05) is 13.0 Å². The molecule has 1 fully saturated rings. The molecule has 0 amide bonds. The van der Waals surface area contributed by atoms with E-state index in [1.165, 1.54) is 11.6 Å². The molecule has 0 spiro atoms. The Bertz CT molecular complexity index is 1530. The summed E-state index contributed by atoms with van der Waals surface area (Å²) < 4.78 is 41.7. The van der Waals surface area contributed by atoms with Crippen molar-refractivity contribution in [1.82, 2.24) is 19.3 Å². The summed E-state index contributed by atoms with van der Waals surface area (Å²) >= 11 is 0. The second-order valence-corrected chi connectivity index (χ2v) is 11.8. The van der Waals surface area contributed by atoms with Crippen LogP contribution in [0, 0.1) is 18.7 Å². The molecule has 4 aromatic rings. The summed E-state index contributed by atoms with van der Waals surface area (Å²) in [7, 11) is -3.59. The van der Waals surface area contributed by atoms with Gasteiger partial charge in [0.05, 0.1) is 4.90 Å². The average Bonchev–Trinajstić information content (AvgIpc) is 2.96. The SMILES string of the molecule is Cc1cc(Nc2ccnc(Nc3ccc(S(=O)(=O)N4CCC(C(C)c5cccnc5)CC4)cc3)n2)ccc1F. The van der Waals surface area contributed by atoms with Gasteiger partial charge in [-0.15, -0.1) is 0 Å². The number of pyridine rings is 1. The highest BCUT2D eigenvalue weighted by Crippen LogP contribution is 2.34. The first-order valence-corrected chi connectivity index (χ1v) is 14.4. The lowest BCUT2D eigenvalue weighted by molar-refractivity contribution is 0.250. The van der Waals surface area contributed by atoms with E-state index in [0.717, 1.165) is 12.8 Å². The van der Waals surface area contributed by atoms with Gasteiger partial charge in [0.2, 0.25) is 16.0 Å². The van der Waals surface area contributed by atoms with E-state index in [1.54, 1.807) is 66.1 Å². The monoisotopic (exact) mass is 546 g/mol. The molecular weight excluding hydrogens is 515 g/mol. The van der Waals surface area contributed by atoms with Crippen molar-refractivity contribution < 1.29 is 12.8 Å². The van der Waals surface area contributed by atoms with Crippen LogP contribution in [0.3, 0.4) is 0 Å². The van der Waals surface area contributed by atoms with Crippen LogP contribution in [-0.2, 0) is 10.0 Å². The number of halogens is 1. The fourth-order valence-corrected chi connectivity index (χ4v) is 6.35. The maximum atomic E-state index is 13.5. The molecule has 1 aliphatic heterocycles. The smallest absolute Gasteiger partial charge is 0.243 e. The number of aromatic nitrogens is 3. The van der Waals surface area contributed by atoms with Crippen molar-refractivity contribution in [3.8, 4) is 0 Å². The van der Waals surface area contributed by atoms with Crippen LogP contribution in [0.2, 0.25) is 0 Å². The van der Waals surface area contributed by atoms with Crippen LogP contribution >= 0.6 is 0 Å². The summed E-state index contributed by atoms with van der Waals surface area (Å²) in [5, 5.41) is 6.24. The van der Waals surface area contributed by atoms with Crippen molar-refractivity contribution >= 4 is 33.2 Å². The molecule has 39 heavy (non-hydrogen) atoms. The van der Waals surface area contributed by atoms with Gasteiger partial charge in [0.1, 0.15) is 11.6 Å². The van der Waals surface area contributed by atoms with E-state index in [4.69, 9.17) is 0 Å². The van der Waals surface area contributed by atoms with E-state index >= 15 is 0 Å². The topological polar surface area (TPSA) is 100 Å². The maximum absolute atomic E-state index is 13.5. The minimum atomic E-state index is -3.59. The summed E-state index contributed by atoms with van der Waals surface area (Å²) in [6.45, 7) is 4.89. The first kappa shape index (κ1) is 26.7. The predicted octanol–water partition coefficient (Wildman–Crippen LogP) is 6.01. The lowest BCUT2D eigenvalue weighted by Crippen LogP contribution is -2.39. The van der Waals surface area contributed by atoms with Crippen LogP contribution in [0.15, 0.2) is 84.1 Å². The highest BCUT2D eigenvalue weighted by atomic mass is 32.2. The van der Waals surface area contributed by atoms with E-state index in [0.29, 0.717) is 53.6 Å². The quantitative estimate of drug-likeness (QED) is 0.279. The summed E-state index contributed by atoms with van der Waals surface area (Å²) in [6, 6.07) is 17.1. The van der Waals surface area contributed by atoms with Crippen LogP contribution < -0.4 is 10.6 Å². The Morgan fingerprint density at radius 1 is 0.974 bits per heavy atom. The maximum Gasteiger partial charge on any atom is 0.243 e. The van der Waals surface area contributed by atoms with Crippen LogP contribution in [0.5, 0.6) is 0 Å². The fourth-order valence-electron chi connectivity index (χ4n) is 4.88. The summed E-state index contributed by atoms with van der Waals surface area (Å²) in [6.07, 6.45) is 6.89. The Hall–Kier alpha value is -3.89. The van der Waals surface area contributed by atoms with E-state index in [-0.39, 0.29) is 10.7 Å². The first-order valence-electron chi connectivity index (χ1n) is 12.9. The number of aryl methyl sites for hydroxylation is 1. The zero-order valence-corrected chi connectivity index (χ0v) is 22.7. The molecule has 2 aromatic heterocycles. The number of nitrogens with zero attached hydrogens (tertiary/aromatic N) is 4. The van der Waals surface area contributed by atoms with Gasteiger partial charge in [0.15, 0.2) is 0 Å². The molecule has 10 heteroatoms. The number of hydrogen-bond donors (Lipinski definition) is 2. The third-order valence-electron chi connectivity index (χ3n) is 7.25. The van der Waals surface area contributed by atoms with Crippen molar-refractivity contribution in [2.45, 2.75) is 37.5 Å². The van der Waals surface area contributed by atoms with E-state index in [9.17, 15) is 12.8 Å². The number of piperidine rings is 1. The third-order valence-corrected chi connectivity index (χ3v) is 9.16. The second kappa shape index (κ2) is 11.5. The number of anilines is 4. The third kappa shape index (κ3) is 6.23. The number of benzene rings is 2. The molecule has 8 nitrogen and oxygen atoms in total. The molecule has 1 saturated heterocycles. The summed E-state index contributed by atoms with van der Waals surface area (Å²) in [5.74, 6) is 1.38. The zero-order valence-electron chi connectivity index (χ0n) is 21.9. The van der Waals surface area contributed by atoms with Crippen molar-refractivity contribution in [2.24, 2.45) is 5.92 Å². The van der Waals surface area contributed by atoms with Gasteiger partial charge >= 0.3 is 0 Å². The van der Waals surface area contributed by atoms with Crippen LogP contribution in [0.4, 0.5) is 27.5 Å². The minimum absolute atomic E-state index is 0.259. The highest BCUT2D eigenvalue weighted by Gasteiger charge is 2.31. The molecule has 0 aliphatic carbocycles. The highest BCUT2D eigenvalue weighted by molar-refractivity contribution is 7.89. The molecule has 0 saturated carbocycles. The Balaban J connectivity index is 1.20. The molecule has 1 aliphatic rings. The van der Waals surface area contributed by atoms with Crippen molar-refractivity contribution in [3.63, 3.8) is 0 Å². The minimum Gasteiger partial charge on any atom is -0.340 e. The van der Waals surface area contributed by atoms with Gasteiger partial charge in [0, 0.05) is 43.1 Å². The number of hydrogen-bond acceptors (Lipinski definition) is 7. The molecule has 3 heterocycles. The number of sulfonamides is 1. The molecule has 0 radical (unpaired) electrons. The molecule has 5 rings (SSSR count). The average molecular weight is 547 g/mol. The normalized spacial score (nSPS) is 15.6. The number of rotatable bonds is 8. The number of nitrogens with one attached hydrogen (secondary N) is 2. The zero-order chi connectivity index (χ0) is 27.4. The van der Waals surface area contributed by atoms with E-state index < -0.39 is 10.0 Å². The van der Waals surface area contributed by atoms with Gasteiger partial charge in [-0.3, -0.25) is 4.98 Å². The van der Waals surface area contributed by atoms with Gasteiger partial charge < -0.3 is 10.6 Å². The van der Waals surface area contributed by atoms with Gasteiger partial charge in [-0.2, -0.15) is 9.29 Å². The Labute approximate surface area is 228 Å². The molecule has 202 valence electrons. The lowest BCUT2D eigenvalue weighted by Gasteiger charge is -2.34. The van der Waals surface area contributed by atoms with Crippen molar-refractivity contribution in [3.05, 3.63) is 96.2 Å². The Kier molecular flexibility index (Phi) is 7.85. The predicted molar refractivity (Wildman–Crippen MR) is 150 cm³/mol. The lowest BCUT2D eigenvalue weighted by atomic mass is 9.82. The Morgan fingerprint density at radius 2 is 1.72 bits per heavy atom. The van der Waals surface area contributed by atoms with Gasteiger partial charge in [-0.25, -0.2) is 17.8 Å². The van der Waals surface area contributed by atoms with Crippen molar-refractivity contribution in [1.29, 1.82) is 0 Å². The Morgan fingerprint density at radius 3 is 2.41 bits per heavy atom. The molecule has 2 N–H and O–H groups in total. The van der Waals surface area contributed by atoms with Crippen LogP contribution in [-0.4, -0.2) is 40.8 Å². The largest absolute Gasteiger partial charge is 0.340 e. The standard InChI is InChI=1S/C29H31FN6O2S/c1-20-18-25(7-10-27(20)30)33-28-11-15-32-29(35-28)34-24-5-8-26(9-6-24)39(37,38)36-16-12-22(13-17-36)21(2)23-4-3-14-31-19-23/h3-11,14-15,18-19,21-22H,12-13,16-17H2,1-2H3,(H2,32,33,34,35). The van der Waals surface area contributed by atoms with Gasteiger partial charge in [0.25, 0.3) is 0 Å². The summed E-state index contributed by atoms with van der Waals surface area (Å²) in [5.41, 5.74) is 3.10. The molecular formula is C29H31FN6O2S.